The van der Waals surface area contributed by atoms with Crippen molar-refractivity contribution in [1.82, 2.24) is 0 Å². The molecule has 0 saturated carbocycles. The van der Waals surface area contributed by atoms with Crippen LogP contribution in [0.1, 0.15) is 5.56 Å². The van der Waals surface area contributed by atoms with E-state index >= 15 is 0 Å². The van der Waals surface area contributed by atoms with Crippen LogP contribution >= 0.6 is 0 Å². The molecule has 0 atom stereocenters. The highest BCUT2D eigenvalue weighted by Crippen LogP contribution is 2.29. The van der Waals surface area contributed by atoms with E-state index in [0.29, 0.717) is 0 Å². The lowest BCUT2D eigenvalue weighted by Crippen LogP contribution is -2.34. The molecule has 32 heavy (non-hydrogen) atoms. The smallest absolute Gasteiger partial charge is 0.0622 e. The fourth-order valence-corrected chi connectivity index (χ4v) is 3.80. The molecule has 152 valence electrons. The summed E-state index contributed by atoms with van der Waals surface area (Å²) in [5.74, 6) is 0. The van der Waals surface area contributed by atoms with Crippen LogP contribution in [0, 0.1) is 0 Å². The lowest BCUT2D eigenvalue weighted by molar-refractivity contribution is -0.656. The highest BCUT2D eigenvalue weighted by Gasteiger charge is 2.23. The van der Waals surface area contributed by atoms with E-state index in [2.05, 4.69) is 97.1 Å². The third kappa shape index (κ3) is 4.26. The van der Waals surface area contributed by atoms with Crippen LogP contribution in [-0.4, -0.2) is 6.21 Å². The second-order valence-electron chi connectivity index (χ2n) is 7.58. The van der Waals surface area contributed by atoms with Crippen LogP contribution in [0.15, 0.2) is 139 Å². The van der Waals surface area contributed by atoms with Gasteiger partial charge in [-0.25, -0.2) is 0 Å². The molecule has 0 bridgehead atoms. The highest BCUT2D eigenvalue weighted by molar-refractivity contribution is 5.79. The number of hydrogen-bond acceptors (Lipinski definition) is 1. The summed E-state index contributed by atoms with van der Waals surface area (Å²) >= 11 is 0. The molecule has 0 fully saturated rings. The molecule has 0 saturated heterocycles. The van der Waals surface area contributed by atoms with Crippen LogP contribution in [0.25, 0.3) is 33.6 Å². The van der Waals surface area contributed by atoms with E-state index in [1.54, 1.807) is 0 Å². The second-order valence-corrected chi connectivity index (χ2v) is 7.58. The van der Waals surface area contributed by atoms with Gasteiger partial charge in [-0.2, -0.15) is 0 Å². The van der Waals surface area contributed by atoms with Gasteiger partial charge in [-0.1, -0.05) is 97.1 Å². The maximum absolute atomic E-state index is 4.96. The summed E-state index contributed by atoms with van der Waals surface area (Å²) in [5.41, 5.74) is 7.72. The summed E-state index contributed by atoms with van der Waals surface area (Å²) in [6.45, 7) is 0. The Hall–Kier alpha value is -4.30. The third-order valence-electron chi connectivity index (χ3n) is 5.41. The molecule has 5 aromatic rings. The number of hydrogen-bond donors (Lipinski definition) is 0. The van der Waals surface area contributed by atoms with E-state index in [1.165, 1.54) is 5.56 Å². The predicted octanol–water partition coefficient (Wildman–Crippen LogP) is 6.86. The van der Waals surface area contributed by atoms with E-state index in [4.69, 9.17) is 5.10 Å². The van der Waals surface area contributed by atoms with E-state index < -0.39 is 0 Å². The van der Waals surface area contributed by atoms with E-state index in [9.17, 15) is 0 Å². The largest absolute Gasteiger partial charge is 0.246 e. The molecule has 2 nitrogen and oxygen atoms in total. The molecule has 1 aromatic heterocycles. The fraction of sp³-hybridized carbons (Fsp3) is 0. The summed E-state index contributed by atoms with van der Waals surface area (Å²) in [5, 5.41) is 4.96. The Morgan fingerprint density at radius 1 is 0.438 bits per heavy atom. The molecule has 0 aliphatic carbocycles. The molecule has 4 aromatic carbocycles. The van der Waals surface area contributed by atoms with Crippen molar-refractivity contribution in [3.63, 3.8) is 0 Å². The molecular formula is C30H23N2+. The van der Waals surface area contributed by atoms with Crippen LogP contribution < -0.4 is 4.68 Å². The Labute approximate surface area is 188 Å². The van der Waals surface area contributed by atoms with Crippen LogP contribution in [-0.2, 0) is 0 Å². The van der Waals surface area contributed by atoms with Gasteiger partial charge in [0.15, 0.2) is 0 Å². The third-order valence-corrected chi connectivity index (χ3v) is 5.41. The van der Waals surface area contributed by atoms with Gasteiger partial charge >= 0.3 is 0 Å². The van der Waals surface area contributed by atoms with Crippen LogP contribution in [0.4, 0.5) is 0 Å². The molecule has 0 N–H and O–H groups in total. The maximum atomic E-state index is 4.96. The lowest BCUT2D eigenvalue weighted by atomic mass is 10.00. The molecule has 0 unspecified atom stereocenters. The number of nitrogens with zero attached hydrogens (tertiary/aromatic N) is 2. The van der Waals surface area contributed by atoms with Crippen LogP contribution in [0.5, 0.6) is 0 Å². The number of pyridine rings is 1. The quantitative estimate of drug-likeness (QED) is 0.222. The van der Waals surface area contributed by atoms with Gasteiger partial charge in [-0.05, 0) is 50.7 Å². The van der Waals surface area contributed by atoms with Gasteiger partial charge in [0.2, 0.25) is 11.4 Å². The summed E-state index contributed by atoms with van der Waals surface area (Å²) in [6.07, 6.45) is 1.92. The Balaban J connectivity index is 1.78. The first-order valence-electron chi connectivity index (χ1n) is 10.7. The molecule has 1 heterocycles. The van der Waals surface area contributed by atoms with Gasteiger partial charge in [0.1, 0.15) is 6.21 Å². The minimum Gasteiger partial charge on any atom is -0.0622 e. The van der Waals surface area contributed by atoms with Gasteiger partial charge in [-0.3, -0.25) is 0 Å². The molecule has 0 aliphatic rings. The average molecular weight is 412 g/mol. The fourth-order valence-electron chi connectivity index (χ4n) is 3.80. The van der Waals surface area contributed by atoms with Crippen molar-refractivity contribution in [1.29, 1.82) is 0 Å². The topological polar surface area (TPSA) is 16.2 Å². The first-order valence-corrected chi connectivity index (χ1v) is 10.7. The maximum Gasteiger partial charge on any atom is 0.246 e. The SMILES string of the molecule is C(=N\[n+]1c(-c2ccccc2)cc(-c2ccccc2)cc1-c1ccccc1)/c1ccccc1. The molecule has 5 rings (SSSR count). The Morgan fingerprint density at radius 3 is 1.31 bits per heavy atom. The van der Waals surface area contributed by atoms with Gasteiger partial charge < -0.3 is 0 Å². The normalized spacial score (nSPS) is 11.0. The number of benzene rings is 4. The Bertz CT molecular complexity index is 1270. The lowest BCUT2D eigenvalue weighted by Gasteiger charge is -2.09. The zero-order chi connectivity index (χ0) is 21.6. The summed E-state index contributed by atoms with van der Waals surface area (Å²) in [6, 6.07) is 46.0. The van der Waals surface area contributed by atoms with Crippen molar-refractivity contribution in [2.24, 2.45) is 5.10 Å². The van der Waals surface area contributed by atoms with Gasteiger partial charge in [0.05, 0.1) is 0 Å². The average Bonchev–Trinajstić information content (AvgIpc) is 2.89. The Morgan fingerprint density at radius 2 is 0.844 bits per heavy atom. The van der Waals surface area contributed by atoms with Gasteiger partial charge in [0, 0.05) is 23.3 Å². The van der Waals surface area contributed by atoms with Crippen molar-refractivity contribution < 1.29 is 4.68 Å². The van der Waals surface area contributed by atoms with E-state index in [0.717, 1.165) is 33.6 Å². The van der Waals surface area contributed by atoms with Gasteiger partial charge in [0.25, 0.3) is 0 Å². The first-order chi connectivity index (χ1) is 15.9. The zero-order valence-electron chi connectivity index (χ0n) is 17.7. The second kappa shape index (κ2) is 9.23. The minimum atomic E-state index is 1.04. The first kappa shape index (κ1) is 19.7. The van der Waals surface area contributed by atoms with Gasteiger partial charge in [-0.15, -0.1) is 0 Å². The predicted molar refractivity (Wildman–Crippen MR) is 132 cm³/mol. The van der Waals surface area contributed by atoms with Crippen molar-refractivity contribution in [3.05, 3.63) is 139 Å². The van der Waals surface area contributed by atoms with Crippen LogP contribution in [0.2, 0.25) is 0 Å². The number of aromatic nitrogens is 1. The highest BCUT2D eigenvalue weighted by atomic mass is 15.3. The summed E-state index contributed by atoms with van der Waals surface area (Å²) < 4.78 is 2.05. The molecule has 0 amide bonds. The van der Waals surface area contributed by atoms with Crippen molar-refractivity contribution >= 4 is 6.21 Å². The molecule has 2 heteroatoms. The molecule has 0 radical (unpaired) electrons. The number of rotatable bonds is 5. The summed E-state index contributed by atoms with van der Waals surface area (Å²) in [7, 11) is 0. The standard InChI is InChI=1S/C30H23N2/c1-5-13-24(14-6-1)23-31-32-29(26-17-9-3-10-18-26)21-28(25-15-7-2-8-16-25)22-30(32)27-19-11-4-12-20-27/h1-23H/q+1/b31-23+. The zero-order valence-corrected chi connectivity index (χ0v) is 17.7. The van der Waals surface area contributed by atoms with Crippen LogP contribution in [0.3, 0.4) is 0 Å². The van der Waals surface area contributed by atoms with E-state index in [-0.39, 0.29) is 0 Å². The van der Waals surface area contributed by atoms with Crippen molar-refractivity contribution in [2.45, 2.75) is 0 Å². The Kier molecular flexibility index (Phi) is 5.67. The van der Waals surface area contributed by atoms with E-state index in [1.807, 2.05) is 47.3 Å². The van der Waals surface area contributed by atoms with Crippen molar-refractivity contribution in [2.75, 3.05) is 0 Å². The molecule has 0 aliphatic heterocycles. The minimum absolute atomic E-state index is 1.04. The molecule has 0 spiro atoms. The summed E-state index contributed by atoms with van der Waals surface area (Å²) in [4.78, 5) is 0. The van der Waals surface area contributed by atoms with Crippen molar-refractivity contribution in [3.8, 4) is 33.6 Å². The monoisotopic (exact) mass is 411 g/mol. The molecular weight excluding hydrogens is 388 g/mol.